The van der Waals surface area contributed by atoms with Gasteiger partial charge in [0.15, 0.2) is 0 Å². The molecule has 108 valence electrons. The number of nitrogens with zero attached hydrogens (tertiary/aromatic N) is 2. The van der Waals surface area contributed by atoms with Crippen molar-refractivity contribution in [1.29, 1.82) is 0 Å². The molecule has 1 aliphatic heterocycles. The van der Waals surface area contributed by atoms with E-state index in [0.717, 1.165) is 37.1 Å². The monoisotopic (exact) mass is 277 g/mol. The maximum absolute atomic E-state index is 12.6. The van der Waals surface area contributed by atoms with Gasteiger partial charge in [-0.05, 0) is 12.8 Å². The lowest BCUT2D eigenvalue weighted by Crippen LogP contribution is -2.50. The normalized spacial score (nSPS) is 22.6. The lowest BCUT2D eigenvalue weighted by atomic mass is 9.98. The topological polar surface area (TPSA) is 75.3 Å². The van der Waals surface area contributed by atoms with Crippen LogP contribution in [0.1, 0.15) is 37.1 Å². The third-order valence-electron chi connectivity index (χ3n) is 4.36. The zero-order valence-electron chi connectivity index (χ0n) is 11.6. The molecule has 1 amide bonds. The van der Waals surface area contributed by atoms with E-state index in [1.54, 1.807) is 11.2 Å². The number of imidazole rings is 1. The SMILES string of the molecule is COC(=O)[C@@H]1Cc2nc[nH]c2CN1C(=O)C1CCCC1. The second kappa shape index (κ2) is 5.26. The standard InChI is InChI=1S/C14H19N3O3/c1-20-14(19)12-6-10-11(16-8-15-10)7-17(12)13(18)9-4-2-3-5-9/h8-9,12H,2-7H2,1H3,(H,15,16)/t12-/m0/s1. The maximum atomic E-state index is 12.6. The van der Waals surface area contributed by atoms with Gasteiger partial charge in [0.2, 0.25) is 5.91 Å². The van der Waals surface area contributed by atoms with Crippen LogP contribution in [0.25, 0.3) is 0 Å². The molecule has 0 bridgehead atoms. The predicted molar refractivity (Wildman–Crippen MR) is 70.6 cm³/mol. The fourth-order valence-electron chi connectivity index (χ4n) is 3.22. The molecule has 2 aliphatic rings. The number of amides is 1. The van der Waals surface area contributed by atoms with E-state index in [4.69, 9.17) is 4.74 Å². The van der Waals surface area contributed by atoms with Crippen molar-refractivity contribution in [2.45, 2.75) is 44.7 Å². The summed E-state index contributed by atoms with van der Waals surface area (Å²) in [6.07, 6.45) is 6.11. The Bertz CT molecular complexity index is 519. The minimum Gasteiger partial charge on any atom is -0.467 e. The summed E-state index contributed by atoms with van der Waals surface area (Å²) in [7, 11) is 1.36. The third kappa shape index (κ3) is 2.19. The van der Waals surface area contributed by atoms with Gasteiger partial charge in [-0.3, -0.25) is 4.79 Å². The summed E-state index contributed by atoms with van der Waals surface area (Å²) in [6.45, 7) is 0.421. The van der Waals surface area contributed by atoms with Crippen LogP contribution in [0.2, 0.25) is 0 Å². The van der Waals surface area contributed by atoms with Crippen LogP contribution in [0.4, 0.5) is 0 Å². The van der Waals surface area contributed by atoms with E-state index in [-0.39, 0.29) is 17.8 Å². The van der Waals surface area contributed by atoms with Gasteiger partial charge < -0.3 is 14.6 Å². The molecule has 1 fully saturated rings. The molecular weight excluding hydrogens is 258 g/mol. The van der Waals surface area contributed by atoms with Gasteiger partial charge in [-0.25, -0.2) is 9.78 Å². The Hall–Kier alpha value is -1.85. The highest BCUT2D eigenvalue weighted by Gasteiger charge is 2.39. The summed E-state index contributed by atoms with van der Waals surface area (Å²) in [4.78, 5) is 33.6. The fraction of sp³-hybridized carbons (Fsp3) is 0.643. The van der Waals surface area contributed by atoms with Crippen LogP contribution in [0, 0.1) is 5.92 Å². The van der Waals surface area contributed by atoms with Crippen molar-refractivity contribution in [2.24, 2.45) is 5.92 Å². The molecule has 6 nitrogen and oxygen atoms in total. The number of fused-ring (bicyclic) bond motifs is 1. The highest BCUT2D eigenvalue weighted by atomic mass is 16.5. The van der Waals surface area contributed by atoms with Crippen LogP contribution in [0.15, 0.2) is 6.33 Å². The Kier molecular flexibility index (Phi) is 3.46. The number of H-pyrrole nitrogens is 1. The lowest BCUT2D eigenvalue weighted by Gasteiger charge is -2.34. The van der Waals surface area contributed by atoms with Crippen molar-refractivity contribution in [3.63, 3.8) is 0 Å². The van der Waals surface area contributed by atoms with Crippen molar-refractivity contribution in [3.05, 3.63) is 17.7 Å². The highest BCUT2D eigenvalue weighted by Crippen LogP contribution is 2.30. The molecule has 6 heteroatoms. The largest absolute Gasteiger partial charge is 0.467 e. The van der Waals surface area contributed by atoms with Gasteiger partial charge in [0.1, 0.15) is 6.04 Å². The number of esters is 1. The van der Waals surface area contributed by atoms with Crippen LogP contribution >= 0.6 is 0 Å². The molecule has 1 N–H and O–H groups in total. The van der Waals surface area contributed by atoms with Gasteiger partial charge in [-0.2, -0.15) is 0 Å². The summed E-state index contributed by atoms with van der Waals surface area (Å²) >= 11 is 0. The van der Waals surface area contributed by atoms with E-state index in [2.05, 4.69) is 9.97 Å². The van der Waals surface area contributed by atoms with Crippen LogP contribution in [-0.4, -0.2) is 39.9 Å². The molecule has 20 heavy (non-hydrogen) atoms. The average Bonchev–Trinajstić information content (AvgIpc) is 3.14. The molecule has 1 aliphatic carbocycles. The van der Waals surface area contributed by atoms with Crippen LogP contribution in [-0.2, 0) is 27.3 Å². The van der Waals surface area contributed by atoms with Crippen LogP contribution in [0.5, 0.6) is 0 Å². The van der Waals surface area contributed by atoms with Gasteiger partial charge in [-0.15, -0.1) is 0 Å². The summed E-state index contributed by atoms with van der Waals surface area (Å²) in [5, 5.41) is 0. The maximum Gasteiger partial charge on any atom is 0.329 e. The first-order chi connectivity index (χ1) is 9.70. The molecule has 0 spiro atoms. The van der Waals surface area contributed by atoms with Gasteiger partial charge in [0, 0.05) is 12.3 Å². The average molecular weight is 277 g/mol. The molecule has 3 rings (SSSR count). The Morgan fingerprint density at radius 1 is 1.40 bits per heavy atom. The van der Waals surface area contributed by atoms with Gasteiger partial charge >= 0.3 is 5.97 Å². The zero-order valence-corrected chi connectivity index (χ0v) is 11.6. The molecule has 0 unspecified atom stereocenters. The van der Waals surface area contributed by atoms with Crippen LogP contribution < -0.4 is 0 Å². The van der Waals surface area contributed by atoms with E-state index in [1.807, 2.05) is 0 Å². The Balaban J connectivity index is 1.85. The molecule has 1 saturated carbocycles. The first-order valence-electron chi connectivity index (χ1n) is 7.10. The fourth-order valence-corrected chi connectivity index (χ4v) is 3.22. The number of aromatic nitrogens is 2. The zero-order chi connectivity index (χ0) is 14.1. The van der Waals surface area contributed by atoms with Crippen LogP contribution in [0.3, 0.4) is 0 Å². The summed E-state index contributed by atoms with van der Waals surface area (Å²) < 4.78 is 4.85. The Morgan fingerprint density at radius 3 is 2.85 bits per heavy atom. The first-order valence-corrected chi connectivity index (χ1v) is 7.10. The first kappa shape index (κ1) is 13.1. The summed E-state index contributed by atoms with van der Waals surface area (Å²) in [5.74, 6) is -0.213. The summed E-state index contributed by atoms with van der Waals surface area (Å²) in [6, 6.07) is -0.538. The second-order valence-corrected chi connectivity index (χ2v) is 5.52. The predicted octanol–water partition coefficient (Wildman–Crippen LogP) is 1.03. The molecule has 0 aromatic carbocycles. The van der Waals surface area contributed by atoms with Crippen molar-refractivity contribution in [3.8, 4) is 0 Å². The van der Waals surface area contributed by atoms with Crippen molar-refractivity contribution < 1.29 is 14.3 Å². The molecule has 0 saturated heterocycles. The highest BCUT2D eigenvalue weighted by molar-refractivity contribution is 5.86. The number of rotatable bonds is 2. The smallest absolute Gasteiger partial charge is 0.329 e. The lowest BCUT2D eigenvalue weighted by molar-refractivity contribution is -0.155. The molecule has 1 atom stereocenters. The number of hydrogen-bond donors (Lipinski definition) is 1. The van der Waals surface area contributed by atoms with Crippen molar-refractivity contribution >= 4 is 11.9 Å². The molecule has 1 aromatic heterocycles. The quantitative estimate of drug-likeness (QED) is 0.819. The molecule has 2 heterocycles. The number of methoxy groups -OCH3 is 1. The summed E-state index contributed by atoms with van der Waals surface area (Å²) in [5.41, 5.74) is 1.78. The number of carbonyl (C=O) groups is 2. The molecular formula is C14H19N3O3. The Labute approximate surface area is 117 Å². The van der Waals surface area contributed by atoms with E-state index >= 15 is 0 Å². The van der Waals surface area contributed by atoms with Crippen molar-refractivity contribution in [2.75, 3.05) is 7.11 Å². The number of carbonyl (C=O) groups excluding carboxylic acids is 2. The van der Waals surface area contributed by atoms with E-state index in [0.29, 0.717) is 13.0 Å². The second-order valence-electron chi connectivity index (χ2n) is 5.52. The number of hydrogen-bond acceptors (Lipinski definition) is 4. The minimum absolute atomic E-state index is 0.0617. The van der Waals surface area contributed by atoms with Crippen molar-refractivity contribution in [1.82, 2.24) is 14.9 Å². The van der Waals surface area contributed by atoms with E-state index in [1.165, 1.54) is 7.11 Å². The number of nitrogens with one attached hydrogen (secondary N) is 1. The minimum atomic E-state index is -0.538. The number of ether oxygens (including phenoxy) is 1. The number of aromatic amines is 1. The van der Waals surface area contributed by atoms with E-state index < -0.39 is 6.04 Å². The third-order valence-corrected chi connectivity index (χ3v) is 4.36. The van der Waals surface area contributed by atoms with E-state index in [9.17, 15) is 9.59 Å². The van der Waals surface area contributed by atoms with Gasteiger partial charge in [-0.1, -0.05) is 12.8 Å². The molecule has 0 radical (unpaired) electrons. The molecule has 1 aromatic rings. The van der Waals surface area contributed by atoms with Gasteiger partial charge in [0.25, 0.3) is 0 Å². The Morgan fingerprint density at radius 2 is 2.15 bits per heavy atom. The van der Waals surface area contributed by atoms with Gasteiger partial charge in [0.05, 0.1) is 31.4 Å².